The van der Waals surface area contributed by atoms with Crippen LogP contribution in [0.1, 0.15) is 22.5 Å². The molecular formula is C19H24N4. The summed E-state index contributed by atoms with van der Waals surface area (Å²) in [6.45, 7) is 5.92. The molecule has 0 spiro atoms. The van der Waals surface area contributed by atoms with E-state index < -0.39 is 0 Å². The lowest BCUT2D eigenvalue weighted by Gasteiger charge is -2.12. The van der Waals surface area contributed by atoms with Crippen molar-refractivity contribution in [2.45, 2.75) is 26.9 Å². The van der Waals surface area contributed by atoms with Crippen molar-refractivity contribution >= 4 is 11.3 Å². The molecule has 0 aliphatic carbocycles. The zero-order chi connectivity index (χ0) is 16.4. The van der Waals surface area contributed by atoms with Crippen LogP contribution in [0, 0.1) is 13.8 Å². The molecule has 0 aliphatic rings. The fourth-order valence-electron chi connectivity index (χ4n) is 2.86. The van der Waals surface area contributed by atoms with Crippen LogP contribution in [0.25, 0.3) is 5.65 Å². The van der Waals surface area contributed by atoms with Crippen molar-refractivity contribution in [3.8, 4) is 0 Å². The van der Waals surface area contributed by atoms with Crippen molar-refractivity contribution in [2.75, 3.05) is 19.4 Å². The van der Waals surface area contributed by atoms with E-state index in [1.54, 1.807) is 0 Å². The maximum atomic E-state index is 4.77. The van der Waals surface area contributed by atoms with Gasteiger partial charge in [0.2, 0.25) is 0 Å². The lowest BCUT2D eigenvalue weighted by molar-refractivity contribution is 0.394. The molecule has 0 unspecified atom stereocenters. The van der Waals surface area contributed by atoms with E-state index in [0.717, 1.165) is 30.1 Å². The van der Waals surface area contributed by atoms with Gasteiger partial charge in [-0.2, -0.15) is 0 Å². The van der Waals surface area contributed by atoms with E-state index in [9.17, 15) is 0 Å². The molecule has 1 aromatic carbocycles. The number of rotatable bonds is 5. The molecule has 3 rings (SSSR count). The molecule has 2 heterocycles. The number of aromatic nitrogens is 2. The van der Waals surface area contributed by atoms with Crippen LogP contribution in [0.5, 0.6) is 0 Å². The normalized spacial score (nSPS) is 11.3. The van der Waals surface area contributed by atoms with Crippen LogP contribution >= 0.6 is 0 Å². The number of anilines is 1. The second kappa shape index (κ2) is 6.42. The maximum Gasteiger partial charge on any atom is 0.160 e. The van der Waals surface area contributed by atoms with E-state index in [1.165, 1.54) is 16.8 Å². The highest BCUT2D eigenvalue weighted by Crippen LogP contribution is 2.21. The minimum atomic E-state index is 0.807. The largest absolute Gasteiger partial charge is 0.378 e. The molecule has 23 heavy (non-hydrogen) atoms. The predicted octanol–water partition coefficient (Wildman–Crippen LogP) is 3.62. The van der Waals surface area contributed by atoms with Gasteiger partial charge in [-0.05, 0) is 51.2 Å². The van der Waals surface area contributed by atoms with Gasteiger partial charge >= 0.3 is 0 Å². The summed E-state index contributed by atoms with van der Waals surface area (Å²) in [4.78, 5) is 6.95. The fraction of sp³-hybridized carbons (Fsp3) is 0.316. The Kier molecular flexibility index (Phi) is 4.35. The minimum Gasteiger partial charge on any atom is -0.378 e. The molecule has 0 atom stereocenters. The van der Waals surface area contributed by atoms with Crippen molar-refractivity contribution in [3.05, 3.63) is 65.1 Å². The Morgan fingerprint density at radius 1 is 1.09 bits per heavy atom. The summed E-state index contributed by atoms with van der Waals surface area (Å²) >= 11 is 0. The summed E-state index contributed by atoms with van der Waals surface area (Å²) in [6.07, 6.45) is 2.09. The third kappa shape index (κ3) is 3.22. The standard InChI is InChI=1S/C19H24N4/c1-14-8-5-6-9-16(14)12-20-17-10-7-11-23-18(13-22(3)4)15(2)21-19(17)23/h5-11,20H,12-13H2,1-4H3. The van der Waals surface area contributed by atoms with Gasteiger partial charge in [-0.1, -0.05) is 24.3 Å². The number of aryl methyl sites for hydroxylation is 2. The molecule has 0 amide bonds. The van der Waals surface area contributed by atoms with Crippen molar-refractivity contribution < 1.29 is 0 Å². The third-order valence-electron chi connectivity index (χ3n) is 4.15. The van der Waals surface area contributed by atoms with E-state index in [2.05, 4.69) is 85.2 Å². The first-order valence-electron chi connectivity index (χ1n) is 7.96. The minimum absolute atomic E-state index is 0.807. The Labute approximate surface area is 137 Å². The number of pyridine rings is 1. The zero-order valence-electron chi connectivity index (χ0n) is 14.3. The first-order chi connectivity index (χ1) is 11.1. The molecule has 0 radical (unpaired) electrons. The van der Waals surface area contributed by atoms with Gasteiger partial charge in [-0.3, -0.25) is 0 Å². The molecule has 0 saturated carbocycles. The number of nitrogens with one attached hydrogen (secondary N) is 1. The number of imidazole rings is 1. The molecule has 0 saturated heterocycles. The van der Waals surface area contributed by atoms with Crippen LogP contribution in [0.2, 0.25) is 0 Å². The molecular weight excluding hydrogens is 284 g/mol. The first-order valence-corrected chi connectivity index (χ1v) is 7.96. The quantitative estimate of drug-likeness (QED) is 0.781. The molecule has 1 N–H and O–H groups in total. The van der Waals surface area contributed by atoms with Crippen molar-refractivity contribution in [1.82, 2.24) is 14.3 Å². The maximum absolute atomic E-state index is 4.77. The molecule has 3 aromatic rings. The summed E-state index contributed by atoms with van der Waals surface area (Å²) in [5, 5.41) is 3.54. The van der Waals surface area contributed by atoms with Gasteiger partial charge in [0.25, 0.3) is 0 Å². The lowest BCUT2D eigenvalue weighted by Crippen LogP contribution is -2.13. The van der Waals surface area contributed by atoms with Gasteiger partial charge in [0.1, 0.15) is 0 Å². The van der Waals surface area contributed by atoms with Gasteiger partial charge in [-0.25, -0.2) is 4.98 Å². The monoisotopic (exact) mass is 308 g/mol. The van der Waals surface area contributed by atoms with Crippen molar-refractivity contribution in [3.63, 3.8) is 0 Å². The first kappa shape index (κ1) is 15.6. The van der Waals surface area contributed by atoms with Gasteiger partial charge in [0.15, 0.2) is 5.65 Å². The number of hydrogen-bond donors (Lipinski definition) is 1. The molecule has 4 nitrogen and oxygen atoms in total. The second-order valence-corrected chi connectivity index (χ2v) is 6.28. The molecule has 120 valence electrons. The average Bonchev–Trinajstić information content (AvgIpc) is 2.83. The van der Waals surface area contributed by atoms with E-state index in [4.69, 9.17) is 4.98 Å². The summed E-state index contributed by atoms with van der Waals surface area (Å²) in [6, 6.07) is 12.6. The summed E-state index contributed by atoms with van der Waals surface area (Å²) in [5.74, 6) is 0. The smallest absolute Gasteiger partial charge is 0.160 e. The Bertz CT molecular complexity index is 817. The summed E-state index contributed by atoms with van der Waals surface area (Å²) in [5.41, 5.74) is 7.01. The number of hydrogen-bond acceptors (Lipinski definition) is 3. The Morgan fingerprint density at radius 3 is 2.61 bits per heavy atom. The fourth-order valence-corrected chi connectivity index (χ4v) is 2.86. The number of fused-ring (bicyclic) bond motifs is 1. The van der Waals surface area contributed by atoms with E-state index >= 15 is 0 Å². The SMILES string of the molecule is Cc1ccccc1CNc1cccn2c(CN(C)C)c(C)nc12. The number of nitrogens with zero attached hydrogens (tertiary/aromatic N) is 3. The molecule has 2 aromatic heterocycles. The van der Waals surface area contributed by atoms with E-state index in [1.807, 2.05) is 0 Å². The van der Waals surface area contributed by atoms with E-state index in [-0.39, 0.29) is 0 Å². The lowest BCUT2D eigenvalue weighted by atomic mass is 10.1. The van der Waals surface area contributed by atoms with E-state index in [0.29, 0.717) is 0 Å². The third-order valence-corrected chi connectivity index (χ3v) is 4.15. The van der Waals surface area contributed by atoms with Crippen LogP contribution in [-0.2, 0) is 13.1 Å². The van der Waals surface area contributed by atoms with Gasteiger partial charge < -0.3 is 14.6 Å². The van der Waals surface area contributed by atoms with Crippen LogP contribution < -0.4 is 5.32 Å². The molecule has 0 bridgehead atoms. The second-order valence-electron chi connectivity index (χ2n) is 6.28. The topological polar surface area (TPSA) is 32.6 Å². The molecule has 0 aliphatic heterocycles. The van der Waals surface area contributed by atoms with Crippen molar-refractivity contribution in [2.24, 2.45) is 0 Å². The number of benzene rings is 1. The van der Waals surface area contributed by atoms with Crippen molar-refractivity contribution in [1.29, 1.82) is 0 Å². The molecule has 0 fully saturated rings. The van der Waals surface area contributed by atoms with Crippen LogP contribution in [0.4, 0.5) is 5.69 Å². The summed E-state index contributed by atoms with van der Waals surface area (Å²) < 4.78 is 2.19. The highest BCUT2D eigenvalue weighted by molar-refractivity contribution is 5.68. The van der Waals surface area contributed by atoms with Crippen LogP contribution in [-0.4, -0.2) is 28.4 Å². The van der Waals surface area contributed by atoms with Crippen LogP contribution in [0.3, 0.4) is 0 Å². The predicted molar refractivity (Wildman–Crippen MR) is 95.8 cm³/mol. The van der Waals surface area contributed by atoms with Crippen LogP contribution in [0.15, 0.2) is 42.6 Å². The Morgan fingerprint density at radius 2 is 1.87 bits per heavy atom. The highest BCUT2D eigenvalue weighted by Gasteiger charge is 2.12. The van der Waals surface area contributed by atoms with Gasteiger partial charge in [-0.15, -0.1) is 0 Å². The zero-order valence-corrected chi connectivity index (χ0v) is 14.3. The Balaban J connectivity index is 1.91. The van der Waals surface area contributed by atoms with Gasteiger partial charge in [0, 0.05) is 19.3 Å². The Hall–Kier alpha value is -2.33. The molecule has 4 heteroatoms. The average molecular weight is 308 g/mol. The highest BCUT2D eigenvalue weighted by atomic mass is 15.1. The summed E-state index contributed by atoms with van der Waals surface area (Å²) in [7, 11) is 4.16. The van der Waals surface area contributed by atoms with Gasteiger partial charge in [0.05, 0.1) is 17.1 Å².